The molecule has 0 atom stereocenters. The first kappa shape index (κ1) is 13.1. The lowest BCUT2D eigenvalue weighted by Gasteiger charge is -2.09. The lowest BCUT2D eigenvalue weighted by atomic mass is 10.2. The van der Waals surface area contributed by atoms with Gasteiger partial charge in [0.05, 0.1) is 17.1 Å². The number of thiophene rings is 1. The van der Waals surface area contributed by atoms with Gasteiger partial charge >= 0.3 is 0 Å². The minimum Gasteiger partial charge on any atom is -0.495 e. The lowest BCUT2D eigenvalue weighted by Crippen LogP contribution is -2.04. The van der Waals surface area contributed by atoms with Gasteiger partial charge in [-0.1, -0.05) is 11.6 Å². The Kier molecular flexibility index (Phi) is 4.33. The number of nitrogen functional groups attached to an aromatic ring is 1. The van der Waals surface area contributed by atoms with E-state index in [1.807, 2.05) is 24.3 Å². The van der Waals surface area contributed by atoms with Crippen molar-refractivity contribution in [2.45, 2.75) is 6.42 Å². The second-order valence-electron chi connectivity index (χ2n) is 3.84. The Balaban J connectivity index is 1.90. The zero-order chi connectivity index (χ0) is 13.0. The van der Waals surface area contributed by atoms with Crippen LogP contribution >= 0.6 is 22.9 Å². The van der Waals surface area contributed by atoms with E-state index >= 15 is 0 Å². The van der Waals surface area contributed by atoms with Crippen LogP contribution in [-0.4, -0.2) is 13.7 Å². The van der Waals surface area contributed by atoms with Gasteiger partial charge in [-0.2, -0.15) is 0 Å². The summed E-state index contributed by atoms with van der Waals surface area (Å²) in [5.41, 5.74) is 7.41. The van der Waals surface area contributed by atoms with Crippen molar-refractivity contribution < 1.29 is 4.74 Å². The molecule has 0 aliphatic carbocycles. The molecule has 0 aliphatic heterocycles. The predicted octanol–water partition coefficient (Wildman–Crippen LogP) is 3.65. The van der Waals surface area contributed by atoms with Crippen LogP contribution in [0.5, 0.6) is 5.75 Å². The molecule has 1 aromatic heterocycles. The first-order chi connectivity index (χ1) is 8.69. The van der Waals surface area contributed by atoms with Gasteiger partial charge in [-0.25, -0.2) is 0 Å². The maximum atomic E-state index is 5.88. The summed E-state index contributed by atoms with van der Waals surface area (Å²) in [6, 6.07) is 9.66. The van der Waals surface area contributed by atoms with Crippen molar-refractivity contribution >= 4 is 34.3 Å². The van der Waals surface area contributed by atoms with Crippen molar-refractivity contribution in [2.24, 2.45) is 0 Å². The minimum atomic E-state index is 0.646. The number of rotatable bonds is 5. The smallest absolute Gasteiger partial charge is 0.143 e. The summed E-state index contributed by atoms with van der Waals surface area (Å²) in [5.74, 6) is 0.694. The molecule has 3 nitrogen and oxygen atoms in total. The molecular formula is C13H15ClN2OS. The average Bonchev–Trinajstić information content (AvgIpc) is 2.77. The van der Waals surface area contributed by atoms with Gasteiger partial charge in [0.15, 0.2) is 0 Å². The highest BCUT2D eigenvalue weighted by Gasteiger charge is 2.01. The van der Waals surface area contributed by atoms with E-state index in [1.165, 1.54) is 4.88 Å². The maximum absolute atomic E-state index is 5.88. The van der Waals surface area contributed by atoms with Crippen LogP contribution in [0.15, 0.2) is 30.3 Å². The molecule has 2 aromatic rings. The van der Waals surface area contributed by atoms with Gasteiger partial charge < -0.3 is 15.8 Å². The molecule has 0 radical (unpaired) electrons. The molecule has 2 rings (SSSR count). The van der Waals surface area contributed by atoms with E-state index in [0.717, 1.165) is 23.0 Å². The van der Waals surface area contributed by atoms with Crippen LogP contribution in [0.3, 0.4) is 0 Å². The molecule has 0 unspecified atom stereocenters. The van der Waals surface area contributed by atoms with Crippen molar-refractivity contribution in [3.63, 3.8) is 0 Å². The van der Waals surface area contributed by atoms with E-state index in [-0.39, 0.29) is 0 Å². The van der Waals surface area contributed by atoms with E-state index in [0.29, 0.717) is 11.4 Å². The third-order valence-electron chi connectivity index (χ3n) is 2.56. The van der Waals surface area contributed by atoms with Gasteiger partial charge in [-0.3, -0.25) is 0 Å². The third kappa shape index (κ3) is 3.31. The molecule has 0 fully saturated rings. The molecule has 0 amide bonds. The maximum Gasteiger partial charge on any atom is 0.143 e. The fraction of sp³-hybridized carbons (Fsp3) is 0.231. The number of anilines is 2. The van der Waals surface area contributed by atoms with Crippen molar-refractivity contribution in [3.8, 4) is 5.75 Å². The van der Waals surface area contributed by atoms with Crippen LogP contribution < -0.4 is 15.8 Å². The van der Waals surface area contributed by atoms with Crippen LogP contribution in [0.4, 0.5) is 11.4 Å². The highest BCUT2D eigenvalue weighted by molar-refractivity contribution is 7.16. The Hall–Kier alpha value is -1.39. The molecule has 0 saturated carbocycles. The number of methoxy groups -OCH3 is 1. The first-order valence-electron chi connectivity index (χ1n) is 5.60. The Labute approximate surface area is 116 Å². The largest absolute Gasteiger partial charge is 0.495 e. The fourth-order valence-electron chi connectivity index (χ4n) is 1.64. The standard InChI is InChI=1S/C13H15ClN2OS/c1-17-12-8-9(2-4-11(12)15)16-7-6-10-3-5-13(14)18-10/h2-5,8,16H,6-7,15H2,1H3. The normalized spacial score (nSPS) is 10.3. The molecule has 0 aliphatic rings. The first-order valence-corrected chi connectivity index (χ1v) is 6.80. The highest BCUT2D eigenvalue weighted by Crippen LogP contribution is 2.25. The Bertz CT molecular complexity index is 527. The molecule has 3 N–H and O–H groups in total. The molecule has 96 valence electrons. The zero-order valence-electron chi connectivity index (χ0n) is 10.1. The van der Waals surface area contributed by atoms with Gasteiger partial charge in [0.25, 0.3) is 0 Å². The second kappa shape index (κ2) is 5.98. The monoisotopic (exact) mass is 282 g/mol. The van der Waals surface area contributed by atoms with Gasteiger partial charge in [-0.15, -0.1) is 11.3 Å². The summed E-state index contributed by atoms with van der Waals surface area (Å²) in [7, 11) is 1.61. The summed E-state index contributed by atoms with van der Waals surface area (Å²) in [6.07, 6.45) is 0.948. The number of hydrogen-bond acceptors (Lipinski definition) is 4. The summed E-state index contributed by atoms with van der Waals surface area (Å²) in [6.45, 7) is 0.851. The topological polar surface area (TPSA) is 47.3 Å². The number of nitrogens with two attached hydrogens (primary N) is 1. The predicted molar refractivity (Wildman–Crippen MR) is 78.9 cm³/mol. The van der Waals surface area contributed by atoms with E-state index in [4.69, 9.17) is 22.1 Å². The molecule has 0 spiro atoms. The van der Waals surface area contributed by atoms with Crippen LogP contribution in [0, 0.1) is 0 Å². The van der Waals surface area contributed by atoms with Crippen molar-refractivity contribution in [2.75, 3.05) is 24.7 Å². The minimum absolute atomic E-state index is 0.646. The zero-order valence-corrected chi connectivity index (χ0v) is 11.6. The average molecular weight is 283 g/mol. The van der Waals surface area contributed by atoms with Crippen molar-refractivity contribution in [1.82, 2.24) is 0 Å². The van der Waals surface area contributed by atoms with Gasteiger partial charge in [0, 0.05) is 23.2 Å². The van der Waals surface area contributed by atoms with Gasteiger partial charge in [-0.05, 0) is 30.7 Å². The molecule has 0 saturated heterocycles. The van der Waals surface area contributed by atoms with Gasteiger partial charge in [0.1, 0.15) is 5.75 Å². The molecule has 1 heterocycles. The summed E-state index contributed by atoms with van der Waals surface area (Å²) in [4.78, 5) is 1.27. The molecule has 18 heavy (non-hydrogen) atoms. The van der Waals surface area contributed by atoms with E-state index in [2.05, 4.69) is 11.4 Å². The number of nitrogens with one attached hydrogen (secondary N) is 1. The summed E-state index contributed by atoms with van der Waals surface area (Å²) in [5, 5.41) is 3.33. The SMILES string of the molecule is COc1cc(NCCc2ccc(Cl)s2)ccc1N. The lowest BCUT2D eigenvalue weighted by molar-refractivity contribution is 0.417. The van der Waals surface area contributed by atoms with Crippen LogP contribution in [0.1, 0.15) is 4.88 Å². The number of hydrogen-bond donors (Lipinski definition) is 2. The van der Waals surface area contributed by atoms with Crippen LogP contribution in [-0.2, 0) is 6.42 Å². The number of ether oxygens (including phenoxy) is 1. The summed E-state index contributed by atoms with van der Waals surface area (Å²) < 4.78 is 6.01. The van der Waals surface area contributed by atoms with Gasteiger partial charge in [0.2, 0.25) is 0 Å². The highest BCUT2D eigenvalue weighted by atomic mass is 35.5. The van der Waals surface area contributed by atoms with E-state index in [1.54, 1.807) is 18.4 Å². The fourth-order valence-corrected chi connectivity index (χ4v) is 2.72. The molecular weight excluding hydrogens is 268 g/mol. The number of benzene rings is 1. The van der Waals surface area contributed by atoms with Crippen LogP contribution in [0.25, 0.3) is 0 Å². The Morgan fingerprint density at radius 3 is 2.83 bits per heavy atom. The van der Waals surface area contributed by atoms with Crippen molar-refractivity contribution in [3.05, 3.63) is 39.5 Å². The van der Waals surface area contributed by atoms with Crippen molar-refractivity contribution in [1.29, 1.82) is 0 Å². The van der Waals surface area contributed by atoms with Crippen LogP contribution in [0.2, 0.25) is 4.34 Å². The number of halogens is 1. The molecule has 0 bridgehead atoms. The summed E-state index contributed by atoms with van der Waals surface area (Å²) >= 11 is 7.49. The van der Waals surface area contributed by atoms with E-state index in [9.17, 15) is 0 Å². The second-order valence-corrected chi connectivity index (χ2v) is 5.64. The third-order valence-corrected chi connectivity index (χ3v) is 3.85. The van der Waals surface area contributed by atoms with E-state index < -0.39 is 0 Å². The Morgan fingerprint density at radius 2 is 2.17 bits per heavy atom. The Morgan fingerprint density at radius 1 is 1.33 bits per heavy atom. The molecule has 1 aromatic carbocycles. The quantitative estimate of drug-likeness (QED) is 0.823. The molecule has 5 heteroatoms.